The summed E-state index contributed by atoms with van der Waals surface area (Å²) >= 11 is 0. The van der Waals surface area contributed by atoms with Gasteiger partial charge in [-0.25, -0.2) is 9.48 Å². The van der Waals surface area contributed by atoms with Crippen LogP contribution in [0.15, 0.2) is 59.4 Å². The number of aryl methyl sites for hydroxylation is 2. The molecular formula is C24H21F3N2O4. The van der Waals surface area contributed by atoms with E-state index in [0.717, 1.165) is 41.3 Å². The lowest BCUT2D eigenvalue weighted by Crippen LogP contribution is -2.25. The molecule has 0 aliphatic heterocycles. The Kier molecular flexibility index (Phi) is 7.10. The van der Waals surface area contributed by atoms with Crippen LogP contribution in [0, 0.1) is 6.92 Å². The highest BCUT2D eigenvalue weighted by Crippen LogP contribution is 2.30. The minimum Gasteiger partial charge on any atom is -0.452 e. The summed E-state index contributed by atoms with van der Waals surface area (Å²) in [6.45, 7) is 2.90. The standard InChI is InChI=1S/C24H21F3N2O4/c1-3-5-16-8-10-17(11-9-16)21(31)14-33-23(32)22-20(30)12-15(2)29(28-22)19-7-4-6-18(13-19)24(25,26)27/h4,6-13H,3,5,14H2,1-2H3. The minimum absolute atomic E-state index is 0.0135. The number of rotatable bonds is 7. The third-order valence-corrected chi connectivity index (χ3v) is 4.87. The molecule has 0 unspecified atom stereocenters. The van der Waals surface area contributed by atoms with Gasteiger partial charge in [0.15, 0.2) is 12.4 Å². The van der Waals surface area contributed by atoms with Crippen molar-refractivity contribution in [1.29, 1.82) is 0 Å². The number of ether oxygens (including phenoxy) is 1. The summed E-state index contributed by atoms with van der Waals surface area (Å²) < 4.78 is 45.2. The number of alkyl halides is 3. The summed E-state index contributed by atoms with van der Waals surface area (Å²) in [5, 5.41) is 3.90. The first kappa shape index (κ1) is 23.9. The molecule has 33 heavy (non-hydrogen) atoms. The van der Waals surface area contributed by atoms with Crippen molar-refractivity contribution in [2.75, 3.05) is 6.61 Å². The second kappa shape index (κ2) is 9.81. The lowest BCUT2D eigenvalue weighted by Gasteiger charge is -2.13. The molecule has 9 heteroatoms. The van der Waals surface area contributed by atoms with Crippen LogP contribution in [0.1, 0.15) is 51.0 Å². The predicted octanol–water partition coefficient (Wildman–Crippen LogP) is 4.55. The van der Waals surface area contributed by atoms with Crippen LogP contribution in [0.2, 0.25) is 0 Å². The first-order valence-corrected chi connectivity index (χ1v) is 10.2. The van der Waals surface area contributed by atoms with Gasteiger partial charge in [0.05, 0.1) is 11.3 Å². The lowest BCUT2D eigenvalue weighted by atomic mass is 10.1. The van der Waals surface area contributed by atoms with E-state index in [1.807, 2.05) is 19.1 Å². The number of carbonyl (C=O) groups excluding carboxylic acids is 2. The van der Waals surface area contributed by atoms with E-state index >= 15 is 0 Å². The van der Waals surface area contributed by atoms with Gasteiger partial charge in [-0.3, -0.25) is 9.59 Å². The summed E-state index contributed by atoms with van der Waals surface area (Å²) in [6.07, 6.45) is -2.73. The van der Waals surface area contributed by atoms with Gasteiger partial charge in [-0.2, -0.15) is 18.3 Å². The van der Waals surface area contributed by atoms with E-state index in [4.69, 9.17) is 4.74 Å². The molecule has 0 aliphatic carbocycles. The van der Waals surface area contributed by atoms with Crippen LogP contribution >= 0.6 is 0 Å². The zero-order chi connectivity index (χ0) is 24.2. The monoisotopic (exact) mass is 458 g/mol. The van der Waals surface area contributed by atoms with Crippen LogP contribution in [-0.4, -0.2) is 28.1 Å². The van der Waals surface area contributed by atoms with Crippen LogP contribution < -0.4 is 5.43 Å². The average molecular weight is 458 g/mol. The molecular weight excluding hydrogens is 437 g/mol. The summed E-state index contributed by atoms with van der Waals surface area (Å²) in [6, 6.07) is 12.3. The van der Waals surface area contributed by atoms with E-state index in [2.05, 4.69) is 5.10 Å². The highest BCUT2D eigenvalue weighted by atomic mass is 19.4. The highest BCUT2D eigenvalue weighted by Gasteiger charge is 2.30. The van der Waals surface area contributed by atoms with Crippen LogP contribution in [0.4, 0.5) is 13.2 Å². The number of benzene rings is 2. The normalized spacial score (nSPS) is 11.3. The van der Waals surface area contributed by atoms with Gasteiger partial charge in [0.2, 0.25) is 11.1 Å². The van der Waals surface area contributed by atoms with Gasteiger partial charge in [0.25, 0.3) is 0 Å². The highest BCUT2D eigenvalue weighted by molar-refractivity contribution is 5.99. The molecule has 1 heterocycles. The molecule has 172 valence electrons. The average Bonchev–Trinajstić information content (AvgIpc) is 2.77. The van der Waals surface area contributed by atoms with Gasteiger partial charge < -0.3 is 4.74 Å². The Bertz CT molecular complexity index is 1230. The maximum atomic E-state index is 13.0. The van der Waals surface area contributed by atoms with E-state index < -0.39 is 41.2 Å². The van der Waals surface area contributed by atoms with E-state index in [1.54, 1.807) is 12.1 Å². The van der Waals surface area contributed by atoms with Crippen molar-refractivity contribution in [3.8, 4) is 5.69 Å². The summed E-state index contributed by atoms with van der Waals surface area (Å²) in [5.74, 6) is -1.60. The molecule has 0 aliphatic rings. The van der Waals surface area contributed by atoms with Gasteiger partial charge in [-0.05, 0) is 37.1 Å². The van der Waals surface area contributed by atoms with Crippen molar-refractivity contribution >= 4 is 11.8 Å². The van der Waals surface area contributed by atoms with Crippen molar-refractivity contribution in [3.63, 3.8) is 0 Å². The number of carbonyl (C=O) groups is 2. The van der Waals surface area contributed by atoms with Crippen molar-refractivity contribution in [2.24, 2.45) is 0 Å². The topological polar surface area (TPSA) is 78.3 Å². The molecule has 0 atom stereocenters. The molecule has 2 aromatic carbocycles. The second-order valence-electron chi connectivity index (χ2n) is 7.40. The second-order valence-corrected chi connectivity index (χ2v) is 7.40. The number of hydrogen-bond donors (Lipinski definition) is 0. The Balaban J connectivity index is 1.80. The third kappa shape index (κ3) is 5.74. The van der Waals surface area contributed by atoms with E-state index in [9.17, 15) is 27.6 Å². The molecule has 3 rings (SSSR count). The van der Waals surface area contributed by atoms with Crippen molar-refractivity contribution in [3.05, 3.63) is 92.9 Å². The summed E-state index contributed by atoms with van der Waals surface area (Å²) in [4.78, 5) is 37.0. The van der Waals surface area contributed by atoms with E-state index in [1.165, 1.54) is 19.1 Å². The largest absolute Gasteiger partial charge is 0.452 e. The van der Waals surface area contributed by atoms with Gasteiger partial charge in [0.1, 0.15) is 0 Å². The molecule has 0 spiro atoms. The number of Topliss-reactive ketones (excluding diaryl/α,β-unsaturated/α-hetero) is 1. The lowest BCUT2D eigenvalue weighted by molar-refractivity contribution is -0.137. The molecule has 1 aromatic heterocycles. The third-order valence-electron chi connectivity index (χ3n) is 4.87. The molecule has 0 N–H and O–H groups in total. The van der Waals surface area contributed by atoms with Crippen molar-refractivity contribution < 1.29 is 27.5 Å². The number of ketones is 1. The van der Waals surface area contributed by atoms with Crippen LogP contribution in [0.25, 0.3) is 5.69 Å². The number of nitrogens with zero attached hydrogens (tertiary/aromatic N) is 2. The van der Waals surface area contributed by atoms with Gasteiger partial charge in [-0.15, -0.1) is 0 Å². The van der Waals surface area contributed by atoms with Crippen molar-refractivity contribution in [2.45, 2.75) is 32.9 Å². The maximum Gasteiger partial charge on any atom is 0.416 e. The Morgan fingerprint density at radius 1 is 1.06 bits per heavy atom. The number of aromatic nitrogens is 2. The molecule has 0 amide bonds. The molecule has 6 nitrogen and oxygen atoms in total. The predicted molar refractivity (Wildman–Crippen MR) is 115 cm³/mol. The van der Waals surface area contributed by atoms with E-state index in [0.29, 0.717) is 5.56 Å². The molecule has 0 fully saturated rings. The quantitative estimate of drug-likeness (QED) is 0.383. The van der Waals surface area contributed by atoms with Crippen molar-refractivity contribution in [1.82, 2.24) is 9.78 Å². The molecule has 0 saturated carbocycles. The first-order chi connectivity index (χ1) is 15.6. The number of esters is 1. The summed E-state index contributed by atoms with van der Waals surface area (Å²) in [7, 11) is 0. The molecule has 0 bridgehead atoms. The van der Waals surface area contributed by atoms with E-state index in [-0.39, 0.29) is 11.4 Å². The fourth-order valence-corrected chi connectivity index (χ4v) is 3.19. The Morgan fingerprint density at radius 3 is 2.39 bits per heavy atom. The minimum atomic E-state index is -4.57. The zero-order valence-electron chi connectivity index (χ0n) is 18.0. The fraction of sp³-hybridized carbons (Fsp3) is 0.250. The fourth-order valence-electron chi connectivity index (χ4n) is 3.19. The SMILES string of the molecule is CCCc1ccc(C(=O)COC(=O)c2nn(-c3cccc(C(F)(F)F)c3)c(C)cc2=O)cc1. The Hall–Kier alpha value is -3.75. The maximum absolute atomic E-state index is 13.0. The summed E-state index contributed by atoms with van der Waals surface area (Å²) in [5.41, 5.74) is -0.648. The Labute approximate surface area is 187 Å². The van der Waals surface area contributed by atoms with Crippen LogP contribution in [0.3, 0.4) is 0 Å². The molecule has 3 aromatic rings. The van der Waals surface area contributed by atoms with Gasteiger partial charge >= 0.3 is 12.1 Å². The van der Waals surface area contributed by atoms with Gasteiger partial charge in [-0.1, -0.05) is 43.7 Å². The molecule has 0 saturated heterocycles. The van der Waals surface area contributed by atoms with Crippen LogP contribution in [0.5, 0.6) is 0 Å². The van der Waals surface area contributed by atoms with Crippen LogP contribution in [-0.2, 0) is 17.3 Å². The van der Waals surface area contributed by atoms with Gasteiger partial charge in [0, 0.05) is 17.3 Å². The smallest absolute Gasteiger partial charge is 0.416 e. The zero-order valence-corrected chi connectivity index (χ0v) is 18.0. The number of hydrogen-bond acceptors (Lipinski definition) is 5. The number of halogens is 3. The Morgan fingerprint density at radius 2 is 1.76 bits per heavy atom. The molecule has 0 radical (unpaired) electrons. The first-order valence-electron chi connectivity index (χ1n) is 10.2.